The minimum Gasteiger partial charge on any atom is -0.373 e. The monoisotopic (exact) mass is 718 g/mol. The summed E-state index contributed by atoms with van der Waals surface area (Å²) in [6.07, 6.45) is 5.44. The second-order valence-electron chi connectivity index (χ2n) is 11.3. The molecular formula is C30H30F8N8O4. The molecule has 50 heavy (non-hydrogen) atoms. The summed E-state index contributed by atoms with van der Waals surface area (Å²) in [4.78, 5) is 0. The summed E-state index contributed by atoms with van der Waals surface area (Å²) in [6.45, 7) is -3.61. The second-order valence-corrected chi connectivity index (χ2v) is 11.3. The third-order valence-corrected chi connectivity index (χ3v) is 8.29. The van der Waals surface area contributed by atoms with Crippen molar-refractivity contribution in [1.29, 1.82) is 0 Å². The van der Waals surface area contributed by atoms with Crippen molar-refractivity contribution in [3.8, 4) is 0 Å². The number of hydrogen-bond donors (Lipinski definition) is 4. The van der Waals surface area contributed by atoms with Crippen LogP contribution in [0.5, 0.6) is 0 Å². The van der Waals surface area contributed by atoms with Gasteiger partial charge in [0.1, 0.15) is 0 Å². The quantitative estimate of drug-likeness (QED) is 0.121. The predicted molar refractivity (Wildman–Crippen MR) is 157 cm³/mol. The number of aliphatic hydroxyl groups is 4. The maximum absolute atomic E-state index is 16.4. The van der Waals surface area contributed by atoms with Crippen LogP contribution in [-0.4, -0.2) is 71.0 Å². The molecule has 270 valence electrons. The van der Waals surface area contributed by atoms with Crippen molar-refractivity contribution in [1.82, 2.24) is 0 Å². The van der Waals surface area contributed by atoms with Crippen LogP contribution in [0.4, 0.5) is 35.1 Å². The van der Waals surface area contributed by atoms with Gasteiger partial charge in [-0.15, -0.1) is 0 Å². The summed E-state index contributed by atoms with van der Waals surface area (Å²) >= 11 is 0. The van der Waals surface area contributed by atoms with E-state index in [4.69, 9.17) is 20.4 Å². The lowest BCUT2D eigenvalue weighted by atomic mass is 9.50. The molecule has 0 saturated carbocycles. The highest BCUT2D eigenvalue weighted by atomic mass is 19.3. The standard InChI is InChI=1S/C30H30F8N8O4/c31-27(32)10-19(43-39-14-47)2-1-18(27)9-26(23-6-3-20(44-40-15-48)11-28(23,33)34,24-7-4-21(45-41-16-49)12-29(24,35)36)25-8-5-22(46-42-17-50)13-30(25,37)38/h1-8,10-13,18,23-25,47-50H,9,14-17H2. The number of rotatable bonds is 13. The Labute approximate surface area is 278 Å². The molecule has 4 aliphatic rings. The number of azo groups is 4. The van der Waals surface area contributed by atoms with Gasteiger partial charge in [-0.05, 0) is 30.7 Å². The van der Waals surface area contributed by atoms with Crippen LogP contribution < -0.4 is 0 Å². The molecule has 4 aliphatic carbocycles. The van der Waals surface area contributed by atoms with E-state index in [0.717, 1.165) is 30.4 Å². The summed E-state index contributed by atoms with van der Waals surface area (Å²) in [6, 6.07) is 0. The lowest BCUT2D eigenvalue weighted by molar-refractivity contribution is -0.186. The van der Waals surface area contributed by atoms with Gasteiger partial charge in [0.2, 0.25) is 0 Å². The predicted octanol–water partition coefficient (Wildman–Crippen LogP) is 6.79. The minimum atomic E-state index is -4.32. The van der Waals surface area contributed by atoms with E-state index in [1.165, 1.54) is 0 Å². The highest BCUT2D eigenvalue weighted by molar-refractivity contribution is 5.39. The van der Waals surface area contributed by atoms with Gasteiger partial charge in [-0.25, -0.2) is 35.1 Å². The van der Waals surface area contributed by atoms with Gasteiger partial charge in [0.15, 0.2) is 26.9 Å². The van der Waals surface area contributed by atoms with Crippen molar-refractivity contribution < 1.29 is 55.5 Å². The Morgan fingerprint density at radius 3 is 1.00 bits per heavy atom. The molecule has 4 N–H and O–H groups in total. The number of nitrogens with zero attached hydrogens (tertiary/aromatic N) is 8. The Balaban J connectivity index is 2.03. The number of hydrogen-bond acceptors (Lipinski definition) is 12. The Bertz CT molecular complexity index is 1510. The molecule has 0 aliphatic heterocycles. The first-order valence-electron chi connectivity index (χ1n) is 14.6. The molecule has 0 heterocycles. The maximum atomic E-state index is 16.4. The molecule has 20 heteroatoms. The molecule has 0 amide bonds. The van der Waals surface area contributed by atoms with Gasteiger partial charge < -0.3 is 20.4 Å². The van der Waals surface area contributed by atoms with Crippen LogP contribution in [0, 0.1) is 29.1 Å². The molecule has 4 unspecified atom stereocenters. The van der Waals surface area contributed by atoms with E-state index in [1.807, 2.05) is 0 Å². The van der Waals surface area contributed by atoms with E-state index in [-0.39, 0.29) is 24.3 Å². The first-order chi connectivity index (χ1) is 23.6. The molecule has 12 nitrogen and oxygen atoms in total. The molecule has 4 rings (SSSR count). The zero-order chi connectivity index (χ0) is 36.8. The lowest BCUT2D eigenvalue weighted by Gasteiger charge is -2.55. The largest absolute Gasteiger partial charge is 0.373 e. The fourth-order valence-electron chi connectivity index (χ4n) is 6.53. The highest BCUT2D eigenvalue weighted by Gasteiger charge is 2.68. The van der Waals surface area contributed by atoms with Crippen LogP contribution in [0.25, 0.3) is 0 Å². The van der Waals surface area contributed by atoms with Gasteiger partial charge in [-0.3, -0.25) is 0 Å². The van der Waals surface area contributed by atoms with Crippen LogP contribution >= 0.6 is 0 Å². The van der Waals surface area contributed by atoms with Crippen LogP contribution in [0.2, 0.25) is 0 Å². The van der Waals surface area contributed by atoms with Crippen LogP contribution in [0.3, 0.4) is 0 Å². The van der Waals surface area contributed by atoms with Crippen LogP contribution in [0.15, 0.2) is 137 Å². The summed E-state index contributed by atoms with van der Waals surface area (Å²) < 4.78 is 130. The third kappa shape index (κ3) is 8.14. The van der Waals surface area contributed by atoms with Gasteiger partial charge >= 0.3 is 0 Å². The fraction of sp³-hybridized carbons (Fsp3) is 0.467. The topological polar surface area (TPSA) is 180 Å². The van der Waals surface area contributed by atoms with Crippen LogP contribution in [-0.2, 0) is 0 Å². The first kappa shape index (κ1) is 38.4. The molecule has 0 aromatic carbocycles. The summed E-state index contributed by atoms with van der Waals surface area (Å²) in [5.41, 5.74) is -5.42. The van der Waals surface area contributed by atoms with Gasteiger partial charge in [-0.2, -0.15) is 40.9 Å². The highest BCUT2D eigenvalue weighted by Crippen LogP contribution is 2.65. The average Bonchev–Trinajstić information content (AvgIpc) is 3.03. The van der Waals surface area contributed by atoms with E-state index in [2.05, 4.69) is 40.9 Å². The number of allylic oxidation sites excluding steroid dienone is 12. The maximum Gasteiger partial charge on any atom is 0.275 e. The smallest absolute Gasteiger partial charge is 0.275 e. The van der Waals surface area contributed by atoms with Crippen molar-refractivity contribution in [2.45, 2.75) is 30.1 Å². The van der Waals surface area contributed by atoms with Crippen molar-refractivity contribution in [2.24, 2.45) is 70.0 Å². The minimum absolute atomic E-state index is 0.149. The zero-order valence-corrected chi connectivity index (χ0v) is 25.7. The SMILES string of the molecule is OCN=NC1=CC(F)(F)C(CC(C2C=CC(N=NCO)=CC2(F)F)(C2C=CC(N=NCO)=CC2(F)F)C2C=CC(N=NCO)=CC2(F)F)C=C1. The molecule has 0 saturated heterocycles. The molecule has 0 fully saturated rings. The Hall–Kier alpha value is -4.40. The van der Waals surface area contributed by atoms with Crippen molar-refractivity contribution in [3.63, 3.8) is 0 Å². The first-order valence-corrected chi connectivity index (χ1v) is 14.6. The van der Waals surface area contributed by atoms with Crippen molar-refractivity contribution >= 4 is 0 Å². The number of aliphatic hydroxyl groups excluding tert-OH is 4. The average molecular weight is 719 g/mol. The summed E-state index contributed by atoms with van der Waals surface area (Å²) in [5, 5.41) is 62.2. The third-order valence-electron chi connectivity index (χ3n) is 8.29. The van der Waals surface area contributed by atoms with Gasteiger partial charge in [0, 0.05) is 35.6 Å². The molecule has 4 atom stereocenters. The molecule has 0 spiro atoms. The van der Waals surface area contributed by atoms with Gasteiger partial charge in [-0.1, -0.05) is 24.3 Å². The van der Waals surface area contributed by atoms with Gasteiger partial charge in [0.25, 0.3) is 23.7 Å². The molecular weight excluding hydrogens is 688 g/mol. The molecule has 0 aromatic heterocycles. The van der Waals surface area contributed by atoms with Crippen LogP contribution in [0.1, 0.15) is 6.42 Å². The second kappa shape index (κ2) is 15.2. The summed E-state index contributed by atoms with van der Waals surface area (Å²) in [5.74, 6) is -27.2. The zero-order valence-electron chi connectivity index (χ0n) is 25.7. The van der Waals surface area contributed by atoms with Crippen molar-refractivity contribution in [2.75, 3.05) is 26.9 Å². The van der Waals surface area contributed by atoms with E-state index < -0.39 is 109 Å². The van der Waals surface area contributed by atoms with E-state index in [9.17, 15) is 0 Å². The lowest BCUT2D eigenvalue weighted by Crippen LogP contribution is -2.59. The Kier molecular flexibility index (Phi) is 11.7. The molecule has 0 bridgehead atoms. The number of alkyl halides is 8. The van der Waals surface area contributed by atoms with Gasteiger partial charge in [0.05, 0.1) is 40.5 Å². The van der Waals surface area contributed by atoms with E-state index in [1.54, 1.807) is 0 Å². The summed E-state index contributed by atoms with van der Waals surface area (Å²) in [7, 11) is 0. The van der Waals surface area contributed by atoms with E-state index in [0.29, 0.717) is 18.2 Å². The fourth-order valence-corrected chi connectivity index (χ4v) is 6.53. The van der Waals surface area contributed by atoms with E-state index >= 15 is 35.1 Å². The molecule has 0 aromatic rings. The Morgan fingerprint density at radius 2 is 0.740 bits per heavy atom. The molecule has 0 radical (unpaired) electrons. The van der Waals surface area contributed by atoms with Crippen molar-refractivity contribution in [3.05, 3.63) is 95.7 Å². The Morgan fingerprint density at radius 1 is 0.460 bits per heavy atom. The number of halogens is 8. The normalized spacial score (nSPS) is 29.4.